The summed E-state index contributed by atoms with van der Waals surface area (Å²) in [7, 11) is 1.37. The molecule has 14 heavy (non-hydrogen) atoms. The van der Waals surface area contributed by atoms with E-state index in [9.17, 15) is 4.79 Å². The van der Waals surface area contributed by atoms with E-state index in [2.05, 4.69) is 9.72 Å². The van der Waals surface area contributed by atoms with Gasteiger partial charge in [-0.25, -0.2) is 4.98 Å². The zero-order valence-electron chi connectivity index (χ0n) is 7.90. The zero-order valence-corrected chi connectivity index (χ0v) is 8.71. The fraction of sp³-hybridized carbons (Fsp3) is 0.333. The summed E-state index contributed by atoms with van der Waals surface area (Å²) < 4.78 is 4.51. The van der Waals surface area contributed by atoms with Gasteiger partial charge < -0.3 is 10.5 Å². The van der Waals surface area contributed by atoms with Gasteiger partial charge in [0.2, 0.25) is 0 Å². The Morgan fingerprint density at radius 3 is 2.93 bits per heavy atom. The van der Waals surface area contributed by atoms with Crippen molar-refractivity contribution in [3.63, 3.8) is 0 Å². The first-order valence-corrected chi connectivity index (χ1v) is 5.09. The molecular formula is C9H12N2O2S. The van der Waals surface area contributed by atoms with Crippen LogP contribution >= 0.6 is 11.8 Å². The number of methoxy groups -OCH3 is 1. The number of carbonyl (C=O) groups is 1. The van der Waals surface area contributed by atoms with E-state index in [4.69, 9.17) is 5.73 Å². The van der Waals surface area contributed by atoms with Crippen LogP contribution < -0.4 is 5.73 Å². The predicted octanol–water partition coefficient (Wildman–Crippen LogP) is 0.805. The van der Waals surface area contributed by atoms with Gasteiger partial charge in [-0.15, -0.1) is 0 Å². The molecule has 0 atom stereocenters. The first-order valence-electron chi connectivity index (χ1n) is 4.11. The molecule has 1 heterocycles. The van der Waals surface area contributed by atoms with E-state index in [0.717, 1.165) is 10.6 Å². The molecule has 1 aromatic heterocycles. The number of rotatable bonds is 4. The second-order valence-electron chi connectivity index (χ2n) is 2.57. The highest BCUT2D eigenvalue weighted by atomic mass is 32.2. The van der Waals surface area contributed by atoms with Crippen LogP contribution in [0, 0.1) is 0 Å². The lowest BCUT2D eigenvalue weighted by Crippen LogP contribution is -2.03. The number of nitrogens with zero attached hydrogens (tertiary/aromatic N) is 1. The molecule has 0 bridgehead atoms. The Bertz CT molecular complexity index is 300. The van der Waals surface area contributed by atoms with Gasteiger partial charge in [-0.05, 0) is 11.6 Å². The summed E-state index contributed by atoms with van der Waals surface area (Å²) in [5.41, 5.74) is 6.40. The normalized spacial score (nSPS) is 9.86. The van der Waals surface area contributed by atoms with Crippen molar-refractivity contribution in [1.82, 2.24) is 4.98 Å². The van der Waals surface area contributed by atoms with Crippen molar-refractivity contribution in [3.8, 4) is 0 Å². The molecule has 5 heteroatoms. The van der Waals surface area contributed by atoms with Crippen LogP contribution in [0.5, 0.6) is 0 Å². The fourth-order valence-electron chi connectivity index (χ4n) is 0.809. The van der Waals surface area contributed by atoms with Gasteiger partial charge in [-0.3, -0.25) is 4.79 Å². The van der Waals surface area contributed by atoms with Crippen LogP contribution in [-0.2, 0) is 16.1 Å². The molecule has 0 unspecified atom stereocenters. The Labute approximate surface area is 86.8 Å². The molecule has 1 aromatic rings. The average molecular weight is 212 g/mol. The zero-order chi connectivity index (χ0) is 10.4. The van der Waals surface area contributed by atoms with E-state index in [0.29, 0.717) is 6.54 Å². The van der Waals surface area contributed by atoms with Gasteiger partial charge in [0.1, 0.15) is 0 Å². The van der Waals surface area contributed by atoms with Gasteiger partial charge in [0, 0.05) is 12.7 Å². The van der Waals surface area contributed by atoms with Crippen LogP contribution in [0.25, 0.3) is 0 Å². The third kappa shape index (κ3) is 3.35. The number of hydrogen-bond acceptors (Lipinski definition) is 5. The van der Waals surface area contributed by atoms with Crippen molar-refractivity contribution in [2.75, 3.05) is 12.9 Å². The monoisotopic (exact) mass is 212 g/mol. The summed E-state index contributed by atoms with van der Waals surface area (Å²) >= 11 is 1.35. The molecule has 0 radical (unpaired) electrons. The second-order valence-corrected chi connectivity index (χ2v) is 3.57. The van der Waals surface area contributed by atoms with Gasteiger partial charge in [-0.2, -0.15) is 0 Å². The summed E-state index contributed by atoms with van der Waals surface area (Å²) in [4.78, 5) is 14.9. The van der Waals surface area contributed by atoms with Crippen LogP contribution in [0.4, 0.5) is 0 Å². The van der Waals surface area contributed by atoms with Crippen molar-refractivity contribution >= 4 is 17.7 Å². The van der Waals surface area contributed by atoms with E-state index in [-0.39, 0.29) is 11.7 Å². The van der Waals surface area contributed by atoms with E-state index in [1.165, 1.54) is 18.9 Å². The number of thioether (sulfide) groups is 1. The van der Waals surface area contributed by atoms with Crippen LogP contribution in [0.1, 0.15) is 5.56 Å². The molecule has 0 aliphatic rings. The van der Waals surface area contributed by atoms with E-state index >= 15 is 0 Å². The summed E-state index contributed by atoms with van der Waals surface area (Å²) in [6.07, 6.45) is 1.71. The number of ether oxygens (including phenoxy) is 1. The predicted molar refractivity (Wildman–Crippen MR) is 54.9 cm³/mol. The quantitative estimate of drug-likeness (QED) is 0.591. The minimum absolute atomic E-state index is 0.250. The minimum atomic E-state index is -0.250. The molecule has 0 saturated heterocycles. The molecule has 0 saturated carbocycles. The van der Waals surface area contributed by atoms with E-state index < -0.39 is 0 Å². The number of aromatic nitrogens is 1. The highest BCUT2D eigenvalue weighted by Crippen LogP contribution is 2.14. The maximum atomic E-state index is 10.8. The molecule has 0 aliphatic carbocycles. The molecule has 0 aromatic carbocycles. The molecule has 1 rings (SSSR count). The molecule has 0 spiro atoms. The van der Waals surface area contributed by atoms with Crippen molar-refractivity contribution in [2.24, 2.45) is 5.73 Å². The number of carbonyl (C=O) groups excluding carboxylic acids is 1. The lowest BCUT2D eigenvalue weighted by Gasteiger charge is -2.00. The third-order valence-electron chi connectivity index (χ3n) is 1.60. The molecule has 2 N–H and O–H groups in total. The molecule has 0 amide bonds. The lowest BCUT2D eigenvalue weighted by atomic mass is 10.3. The van der Waals surface area contributed by atoms with Crippen LogP contribution in [0.15, 0.2) is 23.4 Å². The molecule has 0 aliphatic heterocycles. The second kappa shape index (κ2) is 5.62. The average Bonchev–Trinajstić information content (AvgIpc) is 2.26. The van der Waals surface area contributed by atoms with E-state index in [1.807, 2.05) is 12.1 Å². The Balaban J connectivity index is 2.47. The lowest BCUT2D eigenvalue weighted by molar-refractivity contribution is -0.137. The summed E-state index contributed by atoms with van der Waals surface area (Å²) in [6.45, 7) is 0.481. The van der Waals surface area contributed by atoms with Gasteiger partial charge >= 0.3 is 5.97 Å². The van der Waals surface area contributed by atoms with Crippen LogP contribution in [0.3, 0.4) is 0 Å². The first-order chi connectivity index (χ1) is 6.76. The van der Waals surface area contributed by atoms with Crippen molar-refractivity contribution < 1.29 is 9.53 Å². The Hall–Kier alpha value is -1.07. The summed E-state index contributed by atoms with van der Waals surface area (Å²) in [5, 5.41) is 0.799. The number of pyridine rings is 1. The maximum Gasteiger partial charge on any atom is 0.316 e. The number of hydrogen-bond donors (Lipinski definition) is 1. The van der Waals surface area contributed by atoms with Crippen molar-refractivity contribution in [2.45, 2.75) is 11.6 Å². The number of nitrogens with two attached hydrogens (primary N) is 1. The van der Waals surface area contributed by atoms with Crippen molar-refractivity contribution in [3.05, 3.63) is 23.9 Å². The molecule has 76 valence electrons. The van der Waals surface area contributed by atoms with E-state index in [1.54, 1.807) is 6.20 Å². The molecular weight excluding hydrogens is 200 g/mol. The van der Waals surface area contributed by atoms with Crippen LogP contribution in [-0.4, -0.2) is 23.8 Å². The van der Waals surface area contributed by atoms with Gasteiger partial charge in [0.15, 0.2) is 0 Å². The standard InChI is InChI=1S/C9H12N2O2S/c1-13-9(12)6-14-8-3-2-7(4-10)5-11-8/h2-3,5H,4,6,10H2,1H3. The Kier molecular flexibility index (Phi) is 4.42. The van der Waals surface area contributed by atoms with Gasteiger partial charge in [0.25, 0.3) is 0 Å². The highest BCUT2D eigenvalue weighted by Gasteiger charge is 2.02. The largest absolute Gasteiger partial charge is 0.468 e. The third-order valence-corrected chi connectivity index (χ3v) is 2.52. The number of esters is 1. The smallest absolute Gasteiger partial charge is 0.316 e. The summed E-state index contributed by atoms with van der Waals surface area (Å²) in [5.74, 6) is 0.0329. The summed E-state index contributed by atoms with van der Waals surface area (Å²) in [6, 6.07) is 3.74. The topological polar surface area (TPSA) is 65.2 Å². The minimum Gasteiger partial charge on any atom is -0.468 e. The van der Waals surface area contributed by atoms with Crippen LogP contribution in [0.2, 0.25) is 0 Å². The van der Waals surface area contributed by atoms with Gasteiger partial charge in [0.05, 0.1) is 17.9 Å². The Morgan fingerprint density at radius 1 is 1.64 bits per heavy atom. The highest BCUT2D eigenvalue weighted by molar-refractivity contribution is 7.99. The SMILES string of the molecule is COC(=O)CSc1ccc(CN)cn1. The Morgan fingerprint density at radius 2 is 2.43 bits per heavy atom. The fourth-order valence-corrected chi connectivity index (χ4v) is 1.48. The van der Waals surface area contributed by atoms with Crippen molar-refractivity contribution in [1.29, 1.82) is 0 Å². The first kappa shape index (κ1) is 11.0. The maximum absolute atomic E-state index is 10.8. The van der Waals surface area contributed by atoms with Gasteiger partial charge in [-0.1, -0.05) is 17.8 Å². The molecule has 0 fully saturated rings. The molecule has 4 nitrogen and oxygen atoms in total.